The molecule has 1 fully saturated rings. The summed E-state index contributed by atoms with van der Waals surface area (Å²) in [7, 11) is 1.91. The maximum absolute atomic E-state index is 13.2. The summed E-state index contributed by atoms with van der Waals surface area (Å²) in [4.78, 5) is 5.78. The molecule has 1 aliphatic heterocycles. The fourth-order valence-corrected chi connectivity index (χ4v) is 2.81. The summed E-state index contributed by atoms with van der Waals surface area (Å²) in [5.74, 6) is -0.835. The number of imidazole rings is 1. The second-order valence-corrected chi connectivity index (χ2v) is 5.26. The third-order valence-electron chi connectivity index (χ3n) is 3.70. The first kappa shape index (κ1) is 13.2. The first-order valence-corrected chi connectivity index (χ1v) is 6.39. The van der Waals surface area contributed by atoms with E-state index in [1.807, 2.05) is 11.9 Å². The van der Waals surface area contributed by atoms with Crippen LogP contribution in [0.15, 0.2) is 18.2 Å². The lowest BCUT2D eigenvalue weighted by atomic mass is 10.2. The third kappa shape index (κ3) is 2.11. The number of hydrogen-bond acceptors (Lipinski definition) is 3. The smallest absolute Gasteiger partial charge is 0.399 e. The predicted molar refractivity (Wildman–Crippen MR) is 70.3 cm³/mol. The van der Waals surface area contributed by atoms with Crippen LogP contribution in [0.5, 0.6) is 0 Å². The summed E-state index contributed by atoms with van der Waals surface area (Å²) in [5.41, 5.74) is 6.84. The largest absolute Gasteiger partial charge is 0.449 e. The van der Waals surface area contributed by atoms with Crippen molar-refractivity contribution in [3.63, 3.8) is 0 Å². The maximum Gasteiger partial charge on any atom is 0.449 e. The average molecular weight is 284 g/mol. The summed E-state index contributed by atoms with van der Waals surface area (Å²) >= 11 is 0. The molecular formula is C13H15F3N4. The zero-order chi connectivity index (χ0) is 14.5. The molecule has 108 valence electrons. The molecule has 0 radical (unpaired) electrons. The van der Waals surface area contributed by atoms with Crippen LogP contribution >= 0.6 is 0 Å². The van der Waals surface area contributed by atoms with Gasteiger partial charge in [0.1, 0.15) is 0 Å². The molecular weight excluding hydrogens is 269 g/mol. The zero-order valence-corrected chi connectivity index (χ0v) is 11.0. The summed E-state index contributed by atoms with van der Waals surface area (Å²) in [5, 5.41) is 0. The molecule has 3 rings (SSSR count). The summed E-state index contributed by atoms with van der Waals surface area (Å²) in [6.07, 6.45) is -3.77. The number of likely N-dealkylation sites (N-methyl/N-ethyl adjacent to an activating group) is 1. The number of benzene rings is 1. The molecule has 1 unspecified atom stereocenters. The lowest BCUT2D eigenvalue weighted by Gasteiger charge is -2.18. The van der Waals surface area contributed by atoms with Gasteiger partial charge in [-0.1, -0.05) is 0 Å². The Balaban J connectivity index is 2.21. The number of nitrogen functional groups attached to an aromatic ring is 1. The van der Waals surface area contributed by atoms with Crippen molar-refractivity contribution in [1.29, 1.82) is 0 Å². The van der Waals surface area contributed by atoms with Crippen LogP contribution in [0.4, 0.5) is 18.9 Å². The monoisotopic (exact) mass is 284 g/mol. The van der Waals surface area contributed by atoms with Crippen molar-refractivity contribution in [2.45, 2.75) is 18.6 Å². The fraction of sp³-hybridized carbons (Fsp3) is 0.462. The Kier molecular flexibility index (Phi) is 2.89. The highest BCUT2D eigenvalue weighted by Gasteiger charge is 2.40. The van der Waals surface area contributed by atoms with E-state index in [4.69, 9.17) is 5.73 Å². The molecule has 1 saturated heterocycles. The molecule has 1 aliphatic rings. The molecule has 0 amide bonds. The van der Waals surface area contributed by atoms with Crippen molar-refractivity contribution >= 4 is 16.7 Å². The van der Waals surface area contributed by atoms with E-state index in [0.717, 1.165) is 6.54 Å². The minimum absolute atomic E-state index is 0.203. The van der Waals surface area contributed by atoms with Gasteiger partial charge >= 0.3 is 6.18 Å². The van der Waals surface area contributed by atoms with E-state index in [-0.39, 0.29) is 6.04 Å². The van der Waals surface area contributed by atoms with E-state index < -0.39 is 12.0 Å². The number of likely N-dealkylation sites (tertiary alicyclic amines) is 1. The molecule has 7 heteroatoms. The van der Waals surface area contributed by atoms with Gasteiger partial charge in [0, 0.05) is 18.3 Å². The molecule has 2 N–H and O–H groups in total. The van der Waals surface area contributed by atoms with Gasteiger partial charge in [0.15, 0.2) is 0 Å². The SMILES string of the molecule is CN1CCC(n2c(C(F)(F)F)nc3cc(N)ccc32)C1. The first-order chi connectivity index (χ1) is 9.36. The second-order valence-electron chi connectivity index (χ2n) is 5.26. The van der Waals surface area contributed by atoms with Gasteiger partial charge in [-0.25, -0.2) is 4.98 Å². The minimum Gasteiger partial charge on any atom is -0.399 e. The van der Waals surface area contributed by atoms with E-state index in [1.54, 1.807) is 12.1 Å². The van der Waals surface area contributed by atoms with Crippen LogP contribution in [-0.4, -0.2) is 34.6 Å². The molecule has 1 aromatic heterocycles. The quantitative estimate of drug-likeness (QED) is 0.819. The van der Waals surface area contributed by atoms with E-state index in [2.05, 4.69) is 4.98 Å². The van der Waals surface area contributed by atoms with E-state index in [0.29, 0.717) is 29.7 Å². The molecule has 0 spiro atoms. The van der Waals surface area contributed by atoms with Crippen molar-refractivity contribution in [1.82, 2.24) is 14.5 Å². The number of alkyl halides is 3. The van der Waals surface area contributed by atoms with Gasteiger partial charge < -0.3 is 15.2 Å². The van der Waals surface area contributed by atoms with Crippen LogP contribution in [0.1, 0.15) is 18.3 Å². The molecule has 20 heavy (non-hydrogen) atoms. The summed E-state index contributed by atoms with van der Waals surface area (Å²) < 4.78 is 40.9. The molecule has 0 aliphatic carbocycles. The predicted octanol–water partition coefficient (Wildman–Crippen LogP) is 2.51. The van der Waals surface area contributed by atoms with Gasteiger partial charge in [0.25, 0.3) is 0 Å². The Morgan fingerprint density at radius 2 is 2.10 bits per heavy atom. The molecule has 2 heterocycles. The van der Waals surface area contributed by atoms with Gasteiger partial charge in [-0.15, -0.1) is 0 Å². The van der Waals surface area contributed by atoms with Crippen molar-refractivity contribution in [3.8, 4) is 0 Å². The number of nitrogens with zero attached hydrogens (tertiary/aromatic N) is 3. The number of nitrogens with two attached hydrogens (primary N) is 1. The standard InChI is InChI=1S/C13H15F3N4/c1-19-5-4-9(7-19)20-11-3-2-8(17)6-10(11)18-12(20)13(14,15)16/h2-3,6,9H,4-5,7,17H2,1H3. The highest BCUT2D eigenvalue weighted by molar-refractivity contribution is 5.80. The number of anilines is 1. The molecule has 0 saturated carbocycles. The highest BCUT2D eigenvalue weighted by atomic mass is 19.4. The van der Waals surface area contributed by atoms with Crippen LogP contribution in [0.25, 0.3) is 11.0 Å². The van der Waals surface area contributed by atoms with Crippen LogP contribution in [0, 0.1) is 0 Å². The van der Waals surface area contributed by atoms with Crippen LogP contribution in [-0.2, 0) is 6.18 Å². The lowest BCUT2D eigenvalue weighted by Crippen LogP contribution is -2.21. The van der Waals surface area contributed by atoms with Crippen molar-refractivity contribution in [2.24, 2.45) is 0 Å². The topological polar surface area (TPSA) is 47.1 Å². The lowest BCUT2D eigenvalue weighted by molar-refractivity contribution is -0.147. The fourth-order valence-electron chi connectivity index (χ4n) is 2.81. The summed E-state index contributed by atoms with van der Waals surface area (Å²) in [6.45, 7) is 1.38. The first-order valence-electron chi connectivity index (χ1n) is 6.39. The Labute approximate surface area is 114 Å². The van der Waals surface area contributed by atoms with Crippen molar-refractivity contribution < 1.29 is 13.2 Å². The third-order valence-corrected chi connectivity index (χ3v) is 3.70. The number of halogens is 3. The molecule has 1 atom stereocenters. The van der Waals surface area contributed by atoms with E-state index >= 15 is 0 Å². The molecule has 0 bridgehead atoms. The van der Waals surface area contributed by atoms with Gasteiger partial charge in [0.05, 0.1) is 11.0 Å². The van der Waals surface area contributed by atoms with Gasteiger partial charge in [0.2, 0.25) is 5.82 Å². The van der Waals surface area contributed by atoms with Crippen LogP contribution in [0.3, 0.4) is 0 Å². The van der Waals surface area contributed by atoms with Gasteiger partial charge in [-0.2, -0.15) is 13.2 Å². The highest BCUT2D eigenvalue weighted by Crippen LogP contribution is 2.36. The molecule has 4 nitrogen and oxygen atoms in total. The van der Waals surface area contributed by atoms with Crippen molar-refractivity contribution in [2.75, 3.05) is 25.9 Å². The van der Waals surface area contributed by atoms with Gasteiger partial charge in [-0.05, 0) is 38.2 Å². The number of fused-ring (bicyclic) bond motifs is 1. The number of aromatic nitrogens is 2. The van der Waals surface area contributed by atoms with Crippen LogP contribution in [0.2, 0.25) is 0 Å². The van der Waals surface area contributed by atoms with Crippen LogP contribution < -0.4 is 5.73 Å². The summed E-state index contributed by atoms with van der Waals surface area (Å²) in [6, 6.07) is 4.51. The van der Waals surface area contributed by atoms with E-state index in [1.165, 1.54) is 10.6 Å². The second kappa shape index (κ2) is 4.37. The van der Waals surface area contributed by atoms with E-state index in [9.17, 15) is 13.2 Å². The number of hydrogen-bond donors (Lipinski definition) is 1. The zero-order valence-electron chi connectivity index (χ0n) is 11.0. The molecule has 2 aromatic rings. The van der Waals surface area contributed by atoms with Gasteiger partial charge in [-0.3, -0.25) is 0 Å². The number of rotatable bonds is 1. The Morgan fingerprint density at radius 1 is 1.35 bits per heavy atom. The Morgan fingerprint density at radius 3 is 2.70 bits per heavy atom. The minimum atomic E-state index is -4.46. The Bertz CT molecular complexity index is 647. The Hall–Kier alpha value is -1.76. The molecule has 1 aromatic carbocycles. The average Bonchev–Trinajstić information content (AvgIpc) is 2.91. The maximum atomic E-state index is 13.2. The van der Waals surface area contributed by atoms with Crippen molar-refractivity contribution in [3.05, 3.63) is 24.0 Å². The normalized spacial score (nSPS) is 20.9.